The molecule has 0 spiro atoms. The average Bonchev–Trinajstić information content (AvgIpc) is 2.57. The molecule has 86 valence electrons. The standard InChI is InChI=1S/C11H21N3O/c1-13-10(7-12)8-14(11(13)15)9-5-3-2-4-6-9/h9-10H,2-8,12H2,1H3. The lowest BCUT2D eigenvalue weighted by molar-refractivity contribution is 0.167. The molecule has 2 fully saturated rings. The molecule has 1 saturated heterocycles. The highest BCUT2D eigenvalue weighted by molar-refractivity contribution is 5.77. The van der Waals surface area contributed by atoms with E-state index in [1.807, 2.05) is 11.9 Å². The van der Waals surface area contributed by atoms with Gasteiger partial charge in [0.2, 0.25) is 0 Å². The van der Waals surface area contributed by atoms with Gasteiger partial charge in [0.15, 0.2) is 0 Å². The van der Waals surface area contributed by atoms with Crippen LogP contribution in [0.25, 0.3) is 0 Å². The van der Waals surface area contributed by atoms with Crippen LogP contribution in [0.15, 0.2) is 0 Å². The molecule has 0 radical (unpaired) electrons. The molecule has 0 aromatic heterocycles. The zero-order valence-electron chi connectivity index (χ0n) is 9.48. The molecule has 1 aliphatic carbocycles. The number of rotatable bonds is 2. The van der Waals surface area contributed by atoms with Crippen LogP contribution in [0.4, 0.5) is 4.79 Å². The van der Waals surface area contributed by atoms with Gasteiger partial charge in [0.05, 0.1) is 6.04 Å². The Morgan fingerprint density at radius 1 is 1.33 bits per heavy atom. The SMILES string of the molecule is CN1C(=O)N(C2CCCCC2)CC1CN. The lowest BCUT2D eigenvalue weighted by Crippen LogP contribution is -2.39. The Morgan fingerprint density at radius 2 is 2.00 bits per heavy atom. The van der Waals surface area contributed by atoms with Crippen molar-refractivity contribution in [2.75, 3.05) is 20.1 Å². The van der Waals surface area contributed by atoms with Gasteiger partial charge in [0.25, 0.3) is 0 Å². The highest BCUT2D eigenvalue weighted by Gasteiger charge is 2.37. The number of carbonyl (C=O) groups excluding carboxylic acids is 1. The number of likely N-dealkylation sites (N-methyl/N-ethyl adjacent to an activating group) is 1. The lowest BCUT2D eigenvalue weighted by Gasteiger charge is -2.30. The number of urea groups is 1. The summed E-state index contributed by atoms with van der Waals surface area (Å²) in [5, 5.41) is 0. The van der Waals surface area contributed by atoms with Gasteiger partial charge in [0.1, 0.15) is 0 Å². The Hall–Kier alpha value is -0.770. The lowest BCUT2D eigenvalue weighted by atomic mass is 9.94. The maximum atomic E-state index is 12.0. The van der Waals surface area contributed by atoms with Gasteiger partial charge in [-0.15, -0.1) is 0 Å². The largest absolute Gasteiger partial charge is 0.328 e. The fourth-order valence-corrected chi connectivity index (χ4v) is 2.72. The van der Waals surface area contributed by atoms with Crippen molar-refractivity contribution < 1.29 is 4.79 Å². The molecule has 15 heavy (non-hydrogen) atoms. The fourth-order valence-electron chi connectivity index (χ4n) is 2.72. The normalized spacial score (nSPS) is 28.9. The first kappa shape index (κ1) is 10.7. The van der Waals surface area contributed by atoms with Gasteiger partial charge in [-0.25, -0.2) is 4.79 Å². The summed E-state index contributed by atoms with van der Waals surface area (Å²) in [5.74, 6) is 0. The summed E-state index contributed by atoms with van der Waals surface area (Å²) < 4.78 is 0. The number of nitrogens with two attached hydrogens (primary N) is 1. The minimum atomic E-state index is 0.178. The Bertz CT molecular complexity index is 238. The van der Waals surface area contributed by atoms with E-state index >= 15 is 0 Å². The predicted octanol–water partition coefficient (Wildman–Crippen LogP) is 1.01. The van der Waals surface area contributed by atoms with E-state index in [2.05, 4.69) is 0 Å². The van der Waals surface area contributed by atoms with E-state index in [0.717, 1.165) is 6.54 Å². The zero-order chi connectivity index (χ0) is 10.8. The summed E-state index contributed by atoms with van der Waals surface area (Å²) in [4.78, 5) is 15.8. The van der Waals surface area contributed by atoms with Crippen LogP contribution in [0.1, 0.15) is 32.1 Å². The maximum absolute atomic E-state index is 12.0. The molecule has 2 amide bonds. The summed E-state index contributed by atoms with van der Waals surface area (Å²) in [5.41, 5.74) is 5.66. The molecule has 1 saturated carbocycles. The Balaban J connectivity index is 2.00. The van der Waals surface area contributed by atoms with Crippen LogP contribution >= 0.6 is 0 Å². The van der Waals surface area contributed by atoms with Gasteiger partial charge in [-0.05, 0) is 12.8 Å². The van der Waals surface area contributed by atoms with Crippen LogP contribution in [0.3, 0.4) is 0 Å². The van der Waals surface area contributed by atoms with Gasteiger partial charge in [-0.3, -0.25) is 0 Å². The minimum absolute atomic E-state index is 0.178. The zero-order valence-corrected chi connectivity index (χ0v) is 9.48. The number of hydrogen-bond acceptors (Lipinski definition) is 2. The first-order valence-electron chi connectivity index (χ1n) is 5.97. The van der Waals surface area contributed by atoms with Crippen molar-refractivity contribution in [3.05, 3.63) is 0 Å². The number of amides is 2. The summed E-state index contributed by atoms with van der Waals surface area (Å²) in [6, 6.07) is 0.877. The first-order chi connectivity index (χ1) is 7.24. The topological polar surface area (TPSA) is 49.6 Å². The number of carbonyl (C=O) groups is 1. The van der Waals surface area contributed by atoms with Gasteiger partial charge < -0.3 is 15.5 Å². The van der Waals surface area contributed by atoms with E-state index in [1.165, 1.54) is 32.1 Å². The first-order valence-corrected chi connectivity index (χ1v) is 5.97. The molecule has 2 aliphatic rings. The summed E-state index contributed by atoms with van der Waals surface area (Å²) in [6.07, 6.45) is 6.22. The second kappa shape index (κ2) is 4.39. The molecule has 1 aliphatic heterocycles. The average molecular weight is 211 g/mol. The van der Waals surface area contributed by atoms with Crippen LogP contribution in [-0.2, 0) is 0 Å². The maximum Gasteiger partial charge on any atom is 0.320 e. The van der Waals surface area contributed by atoms with E-state index in [1.54, 1.807) is 4.90 Å². The van der Waals surface area contributed by atoms with E-state index in [-0.39, 0.29) is 12.1 Å². The quantitative estimate of drug-likeness (QED) is 0.741. The van der Waals surface area contributed by atoms with Crippen molar-refractivity contribution in [2.24, 2.45) is 5.73 Å². The molecule has 1 heterocycles. The minimum Gasteiger partial charge on any atom is -0.328 e. The van der Waals surface area contributed by atoms with Gasteiger partial charge in [-0.2, -0.15) is 0 Å². The van der Waals surface area contributed by atoms with E-state index in [4.69, 9.17) is 5.73 Å². The molecule has 0 bridgehead atoms. The van der Waals surface area contributed by atoms with Crippen molar-refractivity contribution in [1.29, 1.82) is 0 Å². The van der Waals surface area contributed by atoms with Crippen LogP contribution < -0.4 is 5.73 Å². The Kier molecular flexibility index (Phi) is 3.14. The highest BCUT2D eigenvalue weighted by Crippen LogP contribution is 2.26. The van der Waals surface area contributed by atoms with Gasteiger partial charge in [0, 0.05) is 26.2 Å². The monoisotopic (exact) mass is 211 g/mol. The van der Waals surface area contributed by atoms with Gasteiger partial charge in [-0.1, -0.05) is 19.3 Å². The Morgan fingerprint density at radius 3 is 2.53 bits per heavy atom. The summed E-state index contributed by atoms with van der Waals surface area (Å²) in [6.45, 7) is 1.40. The third kappa shape index (κ3) is 1.95. The van der Waals surface area contributed by atoms with Crippen LogP contribution in [0.5, 0.6) is 0 Å². The third-order valence-corrected chi connectivity index (χ3v) is 3.79. The van der Waals surface area contributed by atoms with Gasteiger partial charge >= 0.3 is 6.03 Å². The van der Waals surface area contributed by atoms with Crippen molar-refractivity contribution >= 4 is 6.03 Å². The second-order valence-electron chi connectivity index (χ2n) is 4.73. The Labute approximate surface area is 91.4 Å². The van der Waals surface area contributed by atoms with E-state index in [9.17, 15) is 4.79 Å². The third-order valence-electron chi connectivity index (χ3n) is 3.79. The molecule has 1 atom stereocenters. The molecule has 2 rings (SSSR count). The van der Waals surface area contributed by atoms with E-state index < -0.39 is 0 Å². The number of hydrogen-bond donors (Lipinski definition) is 1. The van der Waals surface area contributed by atoms with Crippen molar-refractivity contribution in [3.8, 4) is 0 Å². The molecule has 4 heteroatoms. The highest BCUT2D eigenvalue weighted by atomic mass is 16.2. The van der Waals surface area contributed by atoms with E-state index in [0.29, 0.717) is 12.6 Å². The predicted molar refractivity (Wildman–Crippen MR) is 59.6 cm³/mol. The fraction of sp³-hybridized carbons (Fsp3) is 0.909. The number of nitrogens with zero attached hydrogens (tertiary/aromatic N) is 2. The molecular weight excluding hydrogens is 190 g/mol. The second-order valence-corrected chi connectivity index (χ2v) is 4.73. The molecule has 0 aromatic carbocycles. The summed E-state index contributed by atoms with van der Waals surface area (Å²) >= 11 is 0. The van der Waals surface area contributed by atoms with Crippen LogP contribution in [-0.4, -0.2) is 48.1 Å². The van der Waals surface area contributed by atoms with Crippen LogP contribution in [0, 0.1) is 0 Å². The smallest absolute Gasteiger partial charge is 0.320 e. The molecule has 2 N–H and O–H groups in total. The van der Waals surface area contributed by atoms with Crippen LogP contribution in [0.2, 0.25) is 0 Å². The van der Waals surface area contributed by atoms with Crippen molar-refractivity contribution in [1.82, 2.24) is 9.80 Å². The van der Waals surface area contributed by atoms with Crippen molar-refractivity contribution in [3.63, 3.8) is 0 Å². The summed E-state index contributed by atoms with van der Waals surface area (Å²) in [7, 11) is 1.86. The molecule has 4 nitrogen and oxygen atoms in total. The molecule has 1 unspecified atom stereocenters. The molecular formula is C11H21N3O. The van der Waals surface area contributed by atoms with Crippen molar-refractivity contribution in [2.45, 2.75) is 44.2 Å². The molecule has 0 aromatic rings.